The van der Waals surface area contributed by atoms with E-state index in [1.165, 1.54) is 14.1 Å². The fourth-order valence-corrected chi connectivity index (χ4v) is 4.44. The highest BCUT2D eigenvalue weighted by Gasteiger charge is 2.23. The number of benzene rings is 1. The molecule has 1 fully saturated rings. The second kappa shape index (κ2) is 14.8. The highest BCUT2D eigenvalue weighted by Crippen LogP contribution is 2.28. The maximum Gasteiger partial charge on any atom is 0.352 e. The van der Waals surface area contributed by atoms with Crippen LogP contribution in [-0.2, 0) is 14.1 Å². The number of nitrogens with one attached hydrogen (secondary N) is 3. The van der Waals surface area contributed by atoms with Crippen molar-refractivity contribution in [1.29, 1.82) is 0 Å². The molecule has 5 N–H and O–H groups in total. The fraction of sp³-hybridized carbons (Fsp3) is 0.385. The molecule has 0 aliphatic carbocycles. The summed E-state index contributed by atoms with van der Waals surface area (Å²) >= 11 is 11.9. The number of hydrogen-bond donors (Lipinski definition) is 5. The summed E-state index contributed by atoms with van der Waals surface area (Å²) < 4.78 is 7.85. The van der Waals surface area contributed by atoms with Crippen molar-refractivity contribution >= 4 is 35.1 Å². The molecular formula is C26H30Cl2N6O9. The number of likely N-dealkylation sites (tertiary alicyclic amines) is 1. The minimum Gasteiger partial charge on any atom is -0.490 e. The van der Waals surface area contributed by atoms with Crippen LogP contribution in [0.15, 0.2) is 49.5 Å². The van der Waals surface area contributed by atoms with Crippen molar-refractivity contribution in [2.75, 3.05) is 26.2 Å². The number of aromatic amines is 2. The van der Waals surface area contributed by atoms with Gasteiger partial charge < -0.3 is 25.2 Å². The standard InChI is InChI=1S/C20H24Cl2N4O5.C6H6N2O4/c1-25-17(9-18(28)24-20(25)30)19(29)23-10-12(27)11-26-6-4-13(5-7-26)31-14-2-3-15(21)16(22)8-14;1-8-3(5(10)11)2-4(9)7-6(8)12/h2-3,8-9,12-13,27H,4-7,10-11H2,1H3,(H,23,29)(H,24,28,30);2H,1H3,(H,10,11)(H,7,9,12)/t12-;/m1./s1. The molecule has 3 heterocycles. The van der Waals surface area contributed by atoms with E-state index in [0.29, 0.717) is 22.3 Å². The van der Waals surface area contributed by atoms with E-state index in [4.69, 9.17) is 33.0 Å². The predicted octanol–water partition coefficient (Wildman–Crippen LogP) is -0.214. The van der Waals surface area contributed by atoms with Crippen molar-refractivity contribution in [1.82, 2.24) is 29.3 Å². The zero-order chi connectivity index (χ0) is 31.8. The molecule has 2 aromatic heterocycles. The summed E-state index contributed by atoms with van der Waals surface area (Å²) in [6.45, 7) is 1.85. The van der Waals surface area contributed by atoms with Crippen molar-refractivity contribution in [2.45, 2.75) is 25.0 Å². The molecule has 1 saturated heterocycles. The monoisotopic (exact) mass is 640 g/mol. The number of aliphatic hydroxyl groups excluding tert-OH is 1. The lowest BCUT2D eigenvalue weighted by atomic mass is 10.1. The molecule has 0 spiro atoms. The molecule has 232 valence electrons. The molecule has 1 aromatic carbocycles. The smallest absolute Gasteiger partial charge is 0.352 e. The summed E-state index contributed by atoms with van der Waals surface area (Å²) in [6.07, 6.45) is 0.820. The Balaban J connectivity index is 0.000000353. The van der Waals surface area contributed by atoms with E-state index in [-0.39, 0.29) is 24.0 Å². The topological polar surface area (TPSA) is 209 Å². The van der Waals surface area contributed by atoms with E-state index < -0.39 is 40.5 Å². The Morgan fingerprint density at radius 2 is 1.51 bits per heavy atom. The van der Waals surface area contributed by atoms with Crippen molar-refractivity contribution in [2.24, 2.45) is 14.1 Å². The van der Waals surface area contributed by atoms with Crippen molar-refractivity contribution in [3.63, 3.8) is 0 Å². The molecule has 0 radical (unpaired) electrons. The van der Waals surface area contributed by atoms with Gasteiger partial charge in [0, 0.05) is 58.5 Å². The van der Waals surface area contributed by atoms with Gasteiger partial charge in [-0.25, -0.2) is 14.4 Å². The van der Waals surface area contributed by atoms with Crippen LogP contribution in [0.5, 0.6) is 5.75 Å². The third-order valence-electron chi connectivity index (χ3n) is 6.48. The van der Waals surface area contributed by atoms with Crippen LogP contribution >= 0.6 is 23.2 Å². The first kappa shape index (κ1) is 33.3. The van der Waals surface area contributed by atoms with Gasteiger partial charge in [-0.3, -0.25) is 33.5 Å². The number of halogens is 2. The summed E-state index contributed by atoms with van der Waals surface area (Å²) in [7, 11) is 2.65. The molecule has 43 heavy (non-hydrogen) atoms. The molecule has 17 heteroatoms. The molecule has 0 unspecified atom stereocenters. The number of aromatic nitrogens is 4. The second-order valence-corrected chi connectivity index (χ2v) is 10.4. The van der Waals surface area contributed by atoms with Crippen molar-refractivity contribution in [3.8, 4) is 5.75 Å². The Morgan fingerprint density at radius 3 is 2.07 bits per heavy atom. The summed E-state index contributed by atoms with van der Waals surface area (Å²) in [4.78, 5) is 73.2. The van der Waals surface area contributed by atoms with Gasteiger partial charge in [0.1, 0.15) is 23.2 Å². The van der Waals surface area contributed by atoms with Crippen molar-refractivity contribution < 1.29 is 24.5 Å². The lowest BCUT2D eigenvalue weighted by molar-refractivity contribution is 0.0592. The molecule has 1 atom stereocenters. The van der Waals surface area contributed by atoms with E-state index >= 15 is 0 Å². The van der Waals surface area contributed by atoms with Gasteiger partial charge in [-0.2, -0.15) is 0 Å². The number of ether oxygens (including phenoxy) is 1. The third kappa shape index (κ3) is 9.41. The summed E-state index contributed by atoms with van der Waals surface area (Å²) in [6, 6.07) is 7.07. The number of carbonyl (C=O) groups is 2. The number of nitrogens with zero attached hydrogens (tertiary/aromatic N) is 3. The average Bonchev–Trinajstić information content (AvgIpc) is 2.94. The Hall–Kier alpha value is -4.18. The van der Waals surface area contributed by atoms with Crippen LogP contribution in [0, 0.1) is 0 Å². The zero-order valence-corrected chi connectivity index (χ0v) is 24.6. The van der Waals surface area contributed by atoms with Gasteiger partial charge in [0.15, 0.2) is 0 Å². The number of aliphatic hydroxyl groups is 1. The molecule has 1 amide bonds. The van der Waals surface area contributed by atoms with E-state index in [1.807, 2.05) is 4.98 Å². The number of carboxylic acid groups (broad SMARTS) is 1. The number of amides is 1. The molecule has 15 nitrogen and oxygen atoms in total. The van der Waals surface area contributed by atoms with Crippen LogP contribution in [-0.4, -0.2) is 84.5 Å². The first-order chi connectivity index (χ1) is 20.2. The van der Waals surface area contributed by atoms with Gasteiger partial charge in [-0.05, 0) is 25.0 Å². The van der Waals surface area contributed by atoms with Crippen LogP contribution < -0.4 is 32.6 Å². The van der Waals surface area contributed by atoms with Crippen LogP contribution in [0.3, 0.4) is 0 Å². The van der Waals surface area contributed by atoms with Gasteiger partial charge >= 0.3 is 17.3 Å². The van der Waals surface area contributed by atoms with Gasteiger partial charge in [-0.1, -0.05) is 23.2 Å². The van der Waals surface area contributed by atoms with Crippen LogP contribution in [0.4, 0.5) is 0 Å². The molecule has 4 rings (SSSR count). The van der Waals surface area contributed by atoms with Crippen LogP contribution in [0.2, 0.25) is 10.0 Å². The van der Waals surface area contributed by atoms with Gasteiger partial charge in [0.25, 0.3) is 17.0 Å². The molecule has 0 saturated carbocycles. The lowest BCUT2D eigenvalue weighted by Crippen LogP contribution is -2.45. The largest absolute Gasteiger partial charge is 0.490 e. The fourth-order valence-electron chi connectivity index (χ4n) is 4.15. The highest BCUT2D eigenvalue weighted by molar-refractivity contribution is 6.42. The van der Waals surface area contributed by atoms with Crippen LogP contribution in [0.1, 0.15) is 33.8 Å². The third-order valence-corrected chi connectivity index (χ3v) is 7.21. The minimum atomic E-state index is -1.30. The number of carbonyl (C=O) groups excluding carboxylic acids is 1. The Labute approximate surface area is 253 Å². The number of β-amino-alcohol motifs (C(OH)–C–C–N with tert-alkyl or cyclic N) is 1. The second-order valence-electron chi connectivity index (χ2n) is 9.63. The zero-order valence-electron chi connectivity index (χ0n) is 23.1. The van der Waals surface area contributed by atoms with Gasteiger partial charge in [-0.15, -0.1) is 0 Å². The van der Waals surface area contributed by atoms with Gasteiger partial charge in [0.05, 0.1) is 16.1 Å². The maximum absolute atomic E-state index is 12.2. The number of aromatic carboxylic acids is 1. The van der Waals surface area contributed by atoms with Crippen molar-refractivity contribution in [3.05, 3.63) is 93.4 Å². The molecule has 1 aliphatic heterocycles. The number of H-pyrrole nitrogens is 2. The summed E-state index contributed by atoms with van der Waals surface area (Å²) in [5.74, 6) is -1.23. The maximum atomic E-state index is 12.2. The Kier molecular flexibility index (Phi) is 11.5. The summed E-state index contributed by atoms with van der Waals surface area (Å²) in [5.41, 5.74) is -3.18. The number of hydrogen-bond acceptors (Lipinski definition) is 9. The Morgan fingerprint density at radius 1 is 0.953 bits per heavy atom. The van der Waals surface area contributed by atoms with E-state index in [2.05, 4.69) is 15.2 Å². The molecular weight excluding hydrogens is 611 g/mol. The normalized spacial score (nSPS) is 14.3. The first-order valence-electron chi connectivity index (χ1n) is 12.9. The molecule has 0 bridgehead atoms. The highest BCUT2D eigenvalue weighted by atomic mass is 35.5. The SMILES string of the molecule is Cn1c(C(=O)NC[C@@H](O)CN2CCC(Oc3ccc(Cl)c(Cl)c3)CC2)cc(=O)[nH]c1=O.Cn1c(C(=O)O)cc(=O)[nH]c1=O. The van der Waals surface area contributed by atoms with E-state index in [0.717, 1.165) is 47.2 Å². The van der Waals surface area contributed by atoms with Crippen LogP contribution in [0.25, 0.3) is 0 Å². The Bertz CT molecular complexity index is 1710. The van der Waals surface area contributed by atoms with Gasteiger partial charge in [0.2, 0.25) is 0 Å². The number of piperidine rings is 1. The van der Waals surface area contributed by atoms with E-state index in [9.17, 15) is 33.9 Å². The predicted molar refractivity (Wildman–Crippen MR) is 156 cm³/mol. The van der Waals surface area contributed by atoms with E-state index in [1.54, 1.807) is 18.2 Å². The average molecular weight is 641 g/mol. The summed E-state index contributed by atoms with van der Waals surface area (Å²) in [5, 5.41) is 22.3. The molecule has 1 aliphatic rings. The first-order valence-corrected chi connectivity index (χ1v) is 13.6. The molecule has 3 aromatic rings. The minimum absolute atomic E-state index is 0.000471. The quantitative estimate of drug-likeness (QED) is 0.219. The number of carboxylic acids is 1. The lowest BCUT2D eigenvalue weighted by Gasteiger charge is -2.33. The number of rotatable bonds is 8.